The molecule has 0 aliphatic heterocycles. The van der Waals surface area contributed by atoms with Crippen LogP contribution in [0.25, 0.3) is 0 Å². The molecule has 0 saturated heterocycles. The Morgan fingerprint density at radius 2 is 1.83 bits per heavy atom. The number of rotatable bonds is 5. The summed E-state index contributed by atoms with van der Waals surface area (Å²) in [4.78, 5) is 0. The van der Waals surface area contributed by atoms with Crippen molar-refractivity contribution in [3.63, 3.8) is 0 Å². The lowest BCUT2D eigenvalue weighted by Crippen LogP contribution is -2.15. The second-order valence-electron chi connectivity index (χ2n) is 2.74. The molecular weight excluding hydrogens is 148 g/mol. The first-order chi connectivity index (χ1) is 5.74. The van der Waals surface area contributed by atoms with Gasteiger partial charge in [0.15, 0.2) is 0 Å². The summed E-state index contributed by atoms with van der Waals surface area (Å²) in [6.45, 7) is 10.4. The molecule has 0 unspecified atom stereocenters. The van der Waals surface area contributed by atoms with E-state index in [9.17, 15) is 0 Å². The van der Waals surface area contributed by atoms with Crippen LogP contribution in [0.5, 0.6) is 0 Å². The van der Waals surface area contributed by atoms with Gasteiger partial charge in [-0.1, -0.05) is 13.0 Å². The van der Waals surface area contributed by atoms with E-state index in [-0.39, 0.29) is 0 Å². The molecule has 0 bridgehead atoms. The Morgan fingerprint density at radius 3 is 2.25 bits per heavy atom. The van der Waals surface area contributed by atoms with Gasteiger partial charge >= 0.3 is 0 Å². The Balaban J connectivity index is 3.94. The van der Waals surface area contributed by atoms with Crippen molar-refractivity contribution >= 4 is 6.21 Å². The predicted molar refractivity (Wildman–Crippen MR) is 55.5 cm³/mol. The van der Waals surface area contributed by atoms with Gasteiger partial charge in [-0.25, -0.2) is 0 Å². The first kappa shape index (κ1) is 11.2. The van der Waals surface area contributed by atoms with Gasteiger partial charge in [-0.3, -0.25) is 5.01 Å². The minimum atomic E-state index is 0.979. The summed E-state index contributed by atoms with van der Waals surface area (Å²) in [5, 5.41) is 6.35. The highest BCUT2D eigenvalue weighted by Gasteiger charge is 1.89. The molecule has 0 heterocycles. The van der Waals surface area contributed by atoms with Crippen LogP contribution >= 0.6 is 0 Å². The lowest BCUT2D eigenvalue weighted by Gasteiger charge is -2.12. The van der Waals surface area contributed by atoms with Crippen molar-refractivity contribution in [1.82, 2.24) is 5.01 Å². The lowest BCUT2D eigenvalue weighted by atomic mass is 10.3. The average molecular weight is 168 g/mol. The van der Waals surface area contributed by atoms with Gasteiger partial charge in [0.05, 0.1) is 0 Å². The molecule has 0 N–H and O–H groups in total. The summed E-state index contributed by atoms with van der Waals surface area (Å²) in [5.74, 6) is 0. The molecule has 0 aliphatic rings. The molecule has 0 aliphatic carbocycles. The highest BCUT2D eigenvalue weighted by Crippen LogP contribution is 1.93. The second-order valence-corrected chi connectivity index (χ2v) is 2.74. The zero-order valence-electron chi connectivity index (χ0n) is 8.67. The van der Waals surface area contributed by atoms with Crippen molar-refractivity contribution in [3.05, 3.63) is 11.6 Å². The van der Waals surface area contributed by atoms with E-state index in [0.29, 0.717) is 0 Å². The standard InChI is InChI=1S/C10H20N2/c1-5-8-10(4)9-11-12(6-2)7-3/h8-9H,5-7H2,1-4H3/b10-8+,11-9-. The van der Waals surface area contributed by atoms with E-state index < -0.39 is 0 Å². The summed E-state index contributed by atoms with van der Waals surface area (Å²) in [7, 11) is 0. The number of hydrogen-bond donors (Lipinski definition) is 0. The Bertz CT molecular complexity index is 155. The van der Waals surface area contributed by atoms with Gasteiger partial charge in [0.25, 0.3) is 0 Å². The first-order valence-electron chi connectivity index (χ1n) is 4.70. The number of allylic oxidation sites excluding steroid dienone is 2. The molecule has 2 nitrogen and oxygen atoms in total. The van der Waals surface area contributed by atoms with Gasteiger partial charge in [0.1, 0.15) is 0 Å². The minimum absolute atomic E-state index is 0.979. The van der Waals surface area contributed by atoms with E-state index in [2.05, 4.69) is 38.9 Å². The third kappa shape index (κ3) is 4.94. The third-order valence-electron chi connectivity index (χ3n) is 1.68. The molecule has 2 heteroatoms. The maximum absolute atomic E-state index is 4.32. The normalized spacial score (nSPS) is 12.5. The third-order valence-corrected chi connectivity index (χ3v) is 1.68. The zero-order chi connectivity index (χ0) is 9.40. The van der Waals surface area contributed by atoms with Crippen LogP contribution < -0.4 is 0 Å². The van der Waals surface area contributed by atoms with Crippen molar-refractivity contribution in [1.29, 1.82) is 0 Å². The monoisotopic (exact) mass is 168 g/mol. The summed E-state index contributed by atoms with van der Waals surface area (Å²) in [6, 6.07) is 0. The molecule has 0 aromatic carbocycles. The maximum atomic E-state index is 4.32. The Morgan fingerprint density at radius 1 is 1.25 bits per heavy atom. The van der Waals surface area contributed by atoms with E-state index in [0.717, 1.165) is 19.5 Å². The summed E-state index contributed by atoms with van der Waals surface area (Å²) >= 11 is 0. The van der Waals surface area contributed by atoms with Crippen LogP contribution in [0.4, 0.5) is 0 Å². The van der Waals surface area contributed by atoms with Crippen molar-refractivity contribution < 1.29 is 0 Å². The summed E-state index contributed by atoms with van der Waals surface area (Å²) in [6.07, 6.45) is 5.18. The van der Waals surface area contributed by atoms with Gasteiger partial charge < -0.3 is 0 Å². The molecule has 0 atom stereocenters. The molecule has 0 aromatic rings. The smallest absolute Gasteiger partial charge is 0.0496 e. The van der Waals surface area contributed by atoms with Crippen LogP contribution in [-0.2, 0) is 0 Å². The lowest BCUT2D eigenvalue weighted by molar-refractivity contribution is 0.323. The Kier molecular flexibility index (Phi) is 6.44. The number of hydrazone groups is 1. The fraction of sp³-hybridized carbons (Fsp3) is 0.700. The van der Waals surface area contributed by atoms with Gasteiger partial charge in [-0.2, -0.15) is 5.10 Å². The maximum Gasteiger partial charge on any atom is 0.0496 e. The van der Waals surface area contributed by atoms with Gasteiger partial charge in [0, 0.05) is 19.3 Å². The Labute approximate surface area is 76.0 Å². The Hall–Kier alpha value is -0.790. The van der Waals surface area contributed by atoms with Gasteiger partial charge in [-0.05, 0) is 32.8 Å². The first-order valence-corrected chi connectivity index (χ1v) is 4.70. The molecule has 0 fully saturated rings. The highest BCUT2D eigenvalue weighted by atomic mass is 15.4. The molecule has 70 valence electrons. The van der Waals surface area contributed by atoms with Crippen molar-refractivity contribution in [3.8, 4) is 0 Å². The predicted octanol–water partition coefficient (Wildman–Crippen LogP) is 2.67. The largest absolute Gasteiger partial charge is 0.298 e. The van der Waals surface area contributed by atoms with E-state index in [1.165, 1.54) is 5.57 Å². The second kappa shape index (κ2) is 6.89. The van der Waals surface area contributed by atoms with Crippen LogP contribution in [0.15, 0.2) is 16.8 Å². The highest BCUT2D eigenvalue weighted by molar-refractivity contribution is 5.77. The molecule has 12 heavy (non-hydrogen) atoms. The topological polar surface area (TPSA) is 15.6 Å². The molecule has 0 aromatic heterocycles. The van der Waals surface area contributed by atoms with E-state index in [1.54, 1.807) is 0 Å². The molecule has 0 spiro atoms. The van der Waals surface area contributed by atoms with Gasteiger partial charge in [0.2, 0.25) is 0 Å². The van der Waals surface area contributed by atoms with Gasteiger partial charge in [-0.15, -0.1) is 0 Å². The van der Waals surface area contributed by atoms with Crippen molar-refractivity contribution in [2.24, 2.45) is 5.10 Å². The fourth-order valence-electron chi connectivity index (χ4n) is 0.934. The van der Waals surface area contributed by atoms with E-state index in [4.69, 9.17) is 0 Å². The van der Waals surface area contributed by atoms with Crippen LogP contribution in [0.1, 0.15) is 34.1 Å². The minimum Gasteiger partial charge on any atom is -0.298 e. The fourth-order valence-corrected chi connectivity index (χ4v) is 0.934. The molecular formula is C10H20N2. The van der Waals surface area contributed by atoms with Crippen LogP contribution in [0.2, 0.25) is 0 Å². The van der Waals surface area contributed by atoms with Crippen molar-refractivity contribution in [2.45, 2.75) is 34.1 Å². The SMILES string of the molecule is CC/C=C(C)/C=N\N(CC)CC. The molecule has 0 rings (SSSR count). The molecule has 0 saturated carbocycles. The summed E-state index contributed by atoms with van der Waals surface area (Å²) in [5.41, 5.74) is 1.24. The summed E-state index contributed by atoms with van der Waals surface area (Å²) < 4.78 is 0. The van der Waals surface area contributed by atoms with Crippen LogP contribution in [-0.4, -0.2) is 24.3 Å². The average Bonchev–Trinajstić information content (AvgIpc) is 2.07. The van der Waals surface area contributed by atoms with E-state index in [1.807, 2.05) is 11.2 Å². The van der Waals surface area contributed by atoms with E-state index >= 15 is 0 Å². The zero-order valence-corrected chi connectivity index (χ0v) is 8.67. The number of nitrogens with zero attached hydrogens (tertiary/aromatic N) is 2. The van der Waals surface area contributed by atoms with Crippen molar-refractivity contribution in [2.75, 3.05) is 13.1 Å². The molecule has 0 radical (unpaired) electrons. The number of hydrogen-bond acceptors (Lipinski definition) is 2. The van der Waals surface area contributed by atoms with Crippen LogP contribution in [0.3, 0.4) is 0 Å². The quantitative estimate of drug-likeness (QED) is 0.455. The molecule has 0 amide bonds. The van der Waals surface area contributed by atoms with Crippen LogP contribution in [0, 0.1) is 0 Å².